The number of ether oxygens (including phenoxy) is 1. The number of piperazine rings is 1. The topological polar surface area (TPSA) is 67.7 Å². The highest BCUT2D eigenvalue weighted by molar-refractivity contribution is 5.82. The predicted molar refractivity (Wildman–Crippen MR) is 93.1 cm³/mol. The second-order valence-electron chi connectivity index (χ2n) is 6.98. The second-order valence-corrected chi connectivity index (χ2v) is 6.98. The van der Waals surface area contributed by atoms with Crippen molar-refractivity contribution in [2.24, 2.45) is 7.05 Å². The zero-order valence-electron chi connectivity index (χ0n) is 15.5. The van der Waals surface area contributed by atoms with E-state index in [0.717, 1.165) is 30.7 Å². The summed E-state index contributed by atoms with van der Waals surface area (Å²) in [6, 6.07) is 0. The molecule has 0 saturated carbocycles. The quantitative estimate of drug-likeness (QED) is 0.808. The van der Waals surface area contributed by atoms with Gasteiger partial charge in [-0.1, -0.05) is 0 Å². The zero-order chi connectivity index (χ0) is 18.0. The van der Waals surface area contributed by atoms with Crippen LogP contribution < -0.4 is 0 Å². The maximum absolute atomic E-state index is 12.5. The normalized spacial score (nSPS) is 21.0. The van der Waals surface area contributed by atoms with Gasteiger partial charge in [0.2, 0.25) is 5.91 Å². The maximum Gasteiger partial charge on any atom is 0.251 e. The van der Waals surface area contributed by atoms with E-state index >= 15 is 0 Å². The lowest BCUT2D eigenvalue weighted by molar-refractivity contribution is -0.146. The van der Waals surface area contributed by atoms with Crippen molar-refractivity contribution in [1.29, 1.82) is 0 Å². The fourth-order valence-electron chi connectivity index (χ4n) is 3.72. The lowest BCUT2D eigenvalue weighted by Gasteiger charge is -2.35. The first-order valence-corrected chi connectivity index (χ1v) is 9.14. The van der Waals surface area contributed by atoms with Gasteiger partial charge in [0.1, 0.15) is 6.10 Å². The smallest absolute Gasteiger partial charge is 0.251 e. The Bertz CT molecular complexity index is 641. The number of carbonyl (C=O) groups excluding carboxylic acids is 2. The molecule has 1 aromatic rings. The summed E-state index contributed by atoms with van der Waals surface area (Å²) >= 11 is 0. The molecule has 3 heterocycles. The first-order valence-electron chi connectivity index (χ1n) is 9.14. The Morgan fingerprint density at radius 3 is 2.40 bits per heavy atom. The van der Waals surface area contributed by atoms with Crippen LogP contribution in [0.2, 0.25) is 0 Å². The van der Waals surface area contributed by atoms with E-state index in [9.17, 15) is 9.59 Å². The van der Waals surface area contributed by atoms with Gasteiger partial charge >= 0.3 is 0 Å². The summed E-state index contributed by atoms with van der Waals surface area (Å²) in [5.41, 5.74) is 3.29. The lowest BCUT2D eigenvalue weighted by atomic mass is 10.1. The Kier molecular flexibility index (Phi) is 5.42. The molecule has 3 rings (SSSR count). The molecule has 1 aromatic heterocycles. The van der Waals surface area contributed by atoms with Crippen molar-refractivity contribution in [1.82, 2.24) is 19.6 Å². The molecule has 7 heteroatoms. The third-order valence-electron chi connectivity index (χ3n) is 5.40. The average molecular weight is 348 g/mol. The standard InChI is InChI=1S/C18H28N4O3/c1-13-15(14(2)20(3)19-13)6-7-17(23)21-8-10-22(11-9-21)18(24)16-5-4-12-25-16/h16H,4-12H2,1-3H3/t16-/m1/s1. The zero-order valence-corrected chi connectivity index (χ0v) is 15.5. The Morgan fingerprint density at radius 2 is 1.84 bits per heavy atom. The summed E-state index contributed by atoms with van der Waals surface area (Å²) in [5, 5.41) is 4.40. The molecule has 0 N–H and O–H groups in total. The molecule has 0 spiro atoms. The number of hydrogen-bond donors (Lipinski definition) is 0. The van der Waals surface area contributed by atoms with Crippen LogP contribution in [0.25, 0.3) is 0 Å². The third kappa shape index (κ3) is 3.86. The van der Waals surface area contributed by atoms with Gasteiger partial charge in [-0.3, -0.25) is 14.3 Å². The molecule has 2 amide bonds. The highest BCUT2D eigenvalue weighted by Crippen LogP contribution is 2.17. The van der Waals surface area contributed by atoms with Gasteiger partial charge in [0.15, 0.2) is 0 Å². The number of aromatic nitrogens is 2. The van der Waals surface area contributed by atoms with Gasteiger partial charge in [0.25, 0.3) is 5.91 Å². The summed E-state index contributed by atoms with van der Waals surface area (Å²) in [7, 11) is 1.93. The molecule has 0 unspecified atom stereocenters. The first-order chi connectivity index (χ1) is 12.0. The Labute approximate surface area is 148 Å². The molecule has 25 heavy (non-hydrogen) atoms. The minimum absolute atomic E-state index is 0.0891. The molecule has 0 radical (unpaired) electrons. The van der Waals surface area contributed by atoms with Crippen molar-refractivity contribution in [3.63, 3.8) is 0 Å². The maximum atomic E-state index is 12.5. The van der Waals surface area contributed by atoms with E-state index in [1.165, 1.54) is 5.56 Å². The van der Waals surface area contributed by atoms with Gasteiger partial charge < -0.3 is 14.5 Å². The van der Waals surface area contributed by atoms with Crippen molar-refractivity contribution >= 4 is 11.8 Å². The number of aryl methyl sites for hydroxylation is 2. The van der Waals surface area contributed by atoms with Crippen molar-refractivity contribution < 1.29 is 14.3 Å². The summed E-state index contributed by atoms with van der Waals surface area (Å²) < 4.78 is 7.34. The van der Waals surface area contributed by atoms with Crippen LogP contribution in [0.4, 0.5) is 0 Å². The van der Waals surface area contributed by atoms with Crippen LogP contribution in [0.3, 0.4) is 0 Å². The van der Waals surface area contributed by atoms with E-state index < -0.39 is 0 Å². The van der Waals surface area contributed by atoms with E-state index in [4.69, 9.17) is 4.74 Å². The van der Waals surface area contributed by atoms with Gasteiger partial charge in [0.05, 0.1) is 5.69 Å². The number of rotatable bonds is 4. The Balaban J connectivity index is 1.47. The monoisotopic (exact) mass is 348 g/mol. The van der Waals surface area contributed by atoms with Crippen LogP contribution >= 0.6 is 0 Å². The molecule has 2 fully saturated rings. The molecule has 2 aliphatic heterocycles. The summed E-state index contributed by atoms with van der Waals surface area (Å²) in [6.07, 6.45) is 2.73. The van der Waals surface area contributed by atoms with Gasteiger partial charge in [-0.15, -0.1) is 0 Å². The molecule has 7 nitrogen and oxygen atoms in total. The minimum atomic E-state index is -0.265. The molecular formula is C18H28N4O3. The summed E-state index contributed by atoms with van der Waals surface area (Å²) in [4.78, 5) is 28.6. The van der Waals surface area contributed by atoms with Crippen molar-refractivity contribution in [2.45, 2.75) is 45.6 Å². The fraction of sp³-hybridized carbons (Fsp3) is 0.722. The number of nitrogens with zero attached hydrogens (tertiary/aromatic N) is 4. The molecular weight excluding hydrogens is 320 g/mol. The van der Waals surface area contributed by atoms with E-state index in [2.05, 4.69) is 5.10 Å². The van der Waals surface area contributed by atoms with E-state index in [-0.39, 0.29) is 17.9 Å². The fourth-order valence-corrected chi connectivity index (χ4v) is 3.72. The van der Waals surface area contributed by atoms with Crippen LogP contribution in [-0.4, -0.2) is 70.3 Å². The molecule has 138 valence electrons. The molecule has 0 aromatic carbocycles. The molecule has 1 atom stereocenters. The lowest BCUT2D eigenvalue weighted by Crippen LogP contribution is -2.52. The van der Waals surface area contributed by atoms with Crippen molar-refractivity contribution in [3.8, 4) is 0 Å². The predicted octanol–water partition coefficient (Wildman–Crippen LogP) is 0.819. The number of hydrogen-bond acceptors (Lipinski definition) is 4. The molecule has 0 bridgehead atoms. The van der Waals surface area contributed by atoms with Crippen LogP contribution in [0.15, 0.2) is 0 Å². The van der Waals surface area contributed by atoms with E-state index in [1.54, 1.807) is 0 Å². The second kappa shape index (κ2) is 7.56. The average Bonchev–Trinajstić information content (AvgIpc) is 3.22. The highest BCUT2D eigenvalue weighted by Gasteiger charge is 2.31. The van der Waals surface area contributed by atoms with E-state index in [0.29, 0.717) is 39.2 Å². The Hall–Kier alpha value is -1.89. The van der Waals surface area contributed by atoms with Crippen molar-refractivity contribution in [2.75, 3.05) is 32.8 Å². The van der Waals surface area contributed by atoms with Gasteiger partial charge in [-0.2, -0.15) is 5.10 Å². The van der Waals surface area contributed by atoms with Gasteiger partial charge in [-0.25, -0.2) is 0 Å². The van der Waals surface area contributed by atoms with Gasteiger partial charge in [0, 0.05) is 51.9 Å². The van der Waals surface area contributed by atoms with Crippen molar-refractivity contribution in [3.05, 3.63) is 17.0 Å². The third-order valence-corrected chi connectivity index (χ3v) is 5.40. The SMILES string of the molecule is Cc1nn(C)c(C)c1CCC(=O)N1CCN(C(=O)[C@H]2CCCO2)CC1. The first kappa shape index (κ1) is 17.9. The molecule has 0 aliphatic carbocycles. The van der Waals surface area contributed by atoms with Gasteiger partial charge in [-0.05, 0) is 38.7 Å². The largest absolute Gasteiger partial charge is 0.368 e. The van der Waals surface area contributed by atoms with Crippen LogP contribution in [0, 0.1) is 13.8 Å². The summed E-state index contributed by atoms with van der Waals surface area (Å²) in [5.74, 6) is 0.248. The van der Waals surface area contributed by atoms with E-state index in [1.807, 2.05) is 35.4 Å². The molecule has 2 aliphatic rings. The number of amides is 2. The van der Waals surface area contributed by atoms with Crippen LogP contribution in [0.5, 0.6) is 0 Å². The highest BCUT2D eigenvalue weighted by atomic mass is 16.5. The van der Waals surface area contributed by atoms with Crippen LogP contribution in [0.1, 0.15) is 36.2 Å². The summed E-state index contributed by atoms with van der Waals surface area (Å²) in [6.45, 7) is 7.15. The molecule has 2 saturated heterocycles. The number of carbonyl (C=O) groups is 2. The Morgan fingerprint density at radius 1 is 1.16 bits per heavy atom. The minimum Gasteiger partial charge on any atom is -0.368 e. The van der Waals surface area contributed by atoms with Crippen LogP contribution in [-0.2, 0) is 27.8 Å².